The van der Waals surface area contributed by atoms with Crippen LogP contribution >= 0.6 is 23.4 Å². The van der Waals surface area contributed by atoms with Gasteiger partial charge >= 0.3 is 5.97 Å². The normalized spacial score (nSPS) is 23.1. The van der Waals surface area contributed by atoms with E-state index in [-0.39, 0.29) is 28.0 Å². The molecule has 2 aromatic rings. The van der Waals surface area contributed by atoms with E-state index in [1.165, 1.54) is 22.7 Å². The van der Waals surface area contributed by atoms with Crippen LogP contribution in [0.15, 0.2) is 40.6 Å². The number of carboxylic acids is 1. The first kappa shape index (κ1) is 19.5. The lowest BCUT2D eigenvalue weighted by Crippen LogP contribution is -2.70. The van der Waals surface area contributed by atoms with E-state index in [4.69, 9.17) is 16.1 Å². The van der Waals surface area contributed by atoms with Gasteiger partial charge in [-0.05, 0) is 26.0 Å². The number of thioether (sulfide) groups is 1. The highest BCUT2D eigenvalue weighted by Crippen LogP contribution is 2.41. The molecular formula is C19H16ClN3O5S. The van der Waals surface area contributed by atoms with Crippen molar-refractivity contribution < 1.29 is 24.0 Å². The monoisotopic (exact) mass is 433 g/mol. The van der Waals surface area contributed by atoms with Crippen LogP contribution in [-0.4, -0.2) is 49.6 Å². The van der Waals surface area contributed by atoms with Crippen LogP contribution in [0.5, 0.6) is 0 Å². The highest BCUT2D eigenvalue weighted by Gasteiger charge is 2.54. The smallest absolute Gasteiger partial charge is 0.352 e. The van der Waals surface area contributed by atoms with Crippen molar-refractivity contribution in [1.82, 2.24) is 15.4 Å². The van der Waals surface area contributed by atoms with Gasteiger partial charge in [0, 0.05) is 10.8 Å². The molecule has 0 radical (unpaired) electrons. The van der Waals surface area contributed by atoms with Crippen molar-refractivity contribution in [3.05, 3.63) is 52.4 Å². The van der Waals surface area contributed by atoms with Crippen molar-refractivity contribution in [2.24, 2.45) is 0 Å². The van der Waals surface area contributed by atoms with Crippen molar-refractivity contribution in [1.29, 1.82) is 0 Å². The van der Waals surface area contributed by atoms with Crippen molar-refractivity contribution in [3.63, 3.8) is 0 Å². The fourth-order valence-electron chi connectivity index (χ4n) is 3.42. The van der Waals surface area contributed by atoms with Gasteiger partial charge in [0.15, 0.2) is 0 Å². The van der Waals surface area contributed by atoms with E-state index in [9.17, 15) is 19.5 Å². The van der Waals surface area contributed by atoms with Gasteiger partial charge in [-0.2, -0.15) is 0 Å². The van der Waals surface area contributed by atoms with Gasteiger partial charge in [-0.15, -0.1) is 11.8 Å². The van der Waals surface area contributed by atoms with Gasteiger partial charge < -0.3 is 14.9 Å². The second-order valence-corrected chi connectivity index (χ2v) is 8.60. The van der Waals surface area contributed by atoms with Crippen LogP contribution in [0.25, 0.3) is 11.3 Å². The highest BCUT2D eigenvalue weighted by molar-refractivity contribution is 8.00. The molecule has 2 unspecified atom stereocenters. The fourth-order valence-corrected chi connectivity index (χ4v) is 4.97. The first-order valence-corrected chi connectivity index (χ1v) is 10.1. The summed E-state index contributed by atoms with van der Waals surface area (Å²) in [6, 6.07) is 6.08. The molecule has 4 rings (SSSR count). The minimum Gasteiger partial charge on any atom is -0.477 e. The zero-order valence-electron chi connectivity index (χ0n) is 15.4. The number of aromatic nitrogens is 1. The molecule has 2 aliphatic heterocycles. The molecule has 2 amide bonds. The SMILES string of the molecule is Cc1onc(-c2ccccc2Cl)c1C(=O)NC1C(=O)N2C(C(=O)O)=CC(C)S[C@@H]12. The third-order valence-corrected chi connectivity index (χ3v) is 6.43. The number of hydrogen-bond acceptors (Lipinski definition) is 6. The number of nitrogens with zero attached hydrogens (tertiary/aromatic N) is 2. The standard InChI is InChI=1S/C19H16ClN3O5S/c1-8-7-12(19(26)27)23-17(25)15(18(23)29-8)21-16(24)13-9(2)28-22-14(13)10-5-3-4-6-11(10)20/h3-8,15,18H,1-2H3,(H,21,24)(H,26,27)/t8?,15?,18-/m0/s1. The summed E-state index contributed by atoms with van der Waals surface area (Å²) in [6.45, 7) is 3.44. The Morgan fingerprint density at radius 2 is 2.07 bits per heavy atom. The van der Waals surface area contributed by atoms with Crippen LogP contribution in [0.3, 0.4) is 0 Å². The van der Waals surface area contributed by atoms with E-state index in [1.807, 2.05) is 6.92 Å². The largest absolute Gasteiger partial charge is 0.477 e. The molecule has 1 aromatic carbocycles. The lowest BCUT2D eigenvalue weighted by Gasteiger charge is -2.49. The lowest BCUT2D eigenvalue weighted by molar-refractivity contribution is -0.148. The quantitative estimate of drug-likeness (QED) is 0.712. The molecule has 10 heteroatoms. The highest BCUT2D eigenvalue weighted by atomic mass is 35.5. The minimum absolute atomic E-state index is 0.0605. The van der Waals surface area contributed by atoms with Gasteiger partial charge in [-0.1, -0.05) is 35.0 Å². The number of hydrogen-bond donors (Lipinski definition) is 2. The summed E-state index contributed by atoms with van der Waals surface area (Å²) in [6.07, 6.45) is 1.53. The van der Waals surface area contributed by atoms with Gasteiger partial charge in [0.05, 0.1) is 5.02 Å². The van der Waals surface area contributed by atoms with Crippen molar-refractivity contribution in [2.75, 3.05) is 0 Å². The summed E-state index contributed by atoms with van der Waals surface area (Å²) in [5, 5.41) is 15.8. The van der Waals surface area contributed by atoms with E-state index in [0.29, 0.717) is 10.6 Å². The first-order chi connectivity index (χ1) is 13.8. The molecule has 1 aromatic heterocycles. The number of aliphatic carboxylic acids is 1. The zero-order chi connectivity index (χ0) is 20.9. The molecule has 0 spiro atoms. The third kappa shape index (κ3) is 3.20. The maximum absolute atomic E-state index is 13.0. The second kappa shape index (κ2) is 7.23. The summed E-state index contributed by atoms with van der Waals surface area (Å²) in [7, 11) is 0. The molecule has 0 bridgehead atoms. The van der Waals surface area contributed by atoms with Crippen molar-refractivity contribution in [3.8, 4) is 11.3 Å². The molecule has 2 N–H and O–H groups in total. The molecule has 2 aliphatic rings. The number of β-lactam (4-membered cyclic amide) rings is 1. The van der Waals surface area contributed by atoms with Gasteiger partial charge in [0.1, 0.15) is 34.1 Å². The summed E-state index contributed by atoms with van der Waals surface area (Å²) in [5.41, 5.74) is 0.946. The van der Waals surface area contributed by atoms with Gasteiger partial charge in [0.25, 0.3) is 11.8 Å². The number of carboxylic acid groups (broad SMARTS) is 1. The number of aryl methyl sites for hydroxylation is 1. The van der Waals surface area contributed by atoms with Gasteiger partial charge in [0.2, 0.25) is 0 Å². The van der Waals surface area contributed by atoms with Crippen molar-refractivity contribution in [2.45, 2.75) is 30.5 Å². The van der Waals surface area contributed by atoms with E-state index in [2.05, 4.69) is 10.5 Å². The molecule has 1 fully saturated rings. The van der Waals surface area contributed by atoms with Crippen LogP contribution in [0.4, 0.5) is 0 Å². The second-order valence-electron chi connectivity index (χ2n) is 6.69. The molecular weight excluding hydrogens is 418 g/mol. The van der Waals surface area contributed by atoms with Crippen LogP contribution in [0.1, 0.15) is 23.0 Å². The summed E-state index contributed by atoms with van der Waals surface area (Å²) >= 11 is 7.63. The molecule has 0 aliphatic carbocycles. The number of amides is 2. The Kier molecular flexibility index (Phi) is 4.87. The minimum atomic E-state index is -1.17. The predicted molar refractivity (Wildman–Crippen MR) is 106 cm³/mol. The average Bonchev–Trinajstić information content (AvgIpc) is 3.06. The summed E-state index contributed by atoms with van der Waals surface area (Å²) < 4.78 is 5.20. The molecule has 0 saturated carbocycles. The van der Waals surface area contributed by atoms with Gasteiger partial charge in [-0.3, -0.25) is 14.5 Å². The molecule has 3 atom stereocenters. The van der Waals surface area contributed by atoms with Crippen LogP contribution in [-0.2, 0) is 9.59 Å². The number of benzene rings is 1. The van der Waals surface area contributed by atoms with E-state index in [0.717, 1.165) is 0 Å². The number of fused-ring (bicyclic) bond motifs is 1. The first-order valence-electron chi connectivity index (χ1n) is 8.75. The Bertz CT molecular complexity index is 1070. The average molecular weight is 434 g/mol. The summed E-state index contributed by atoms with van der Waals surface area (Å²) in [4.78, 5) is 38.2. The van der Waals surface area contributed by atoms with E-state index >= 15 is 0 Å². The Hall–Kier alpha value is -2.78. The number of rotatable bonds is 4. The maximum Gasteiger partial charge on any atom is 0.352 e. The molecule has 1 saturated heterocycles. The van der Waals surface area contributed by atoms with Crippen LogP contribution in [0, 0.1) is 6.92 Å². The van der Waals surface area contributed by atoms with Crippen LogP contribution in [0.2, 0.25) is 5.02 Å². The zero-order valence-corrected chi connectivity index (χ0v) is 17.0. The van der Waals surface area contributed by atoms with Crippen molar-refractivity contribution >= 4 is 41.1 Å². The predicted octanol–water partition coefficient (Wildman–Crippen LogP) is 2.67. The van der Waals surface area contributed by atoms with Gasteiger partial charge in [-0.25, -0.2) is 4.79 Å². The number of halogens is 1. The van der Waals surface area contributed by atoms with Crippen LogP contribution < -0.4 is 5.32 Å². The Labute approximate surface area is 174 Å². The Morgan fingerprint density at radius 1 is 1.34 bits per heavy atom. The topological polar surface area (TPSA) is 113 Å². The number of nitrogens with one attached hydrogen (secondary N) is 1. The lowest BCUT2D eigenvalue weighted by atomic mass is 10.0. The third-order valence-electron chi connectivity index (χ3n) is 4.77. The molecule has 8 nitrogen and oxygen atoms in total. The number of carbonyl (C=O) groups is 3. The number of carbonyl (C=O) groups excluding carboxylic acids is 2. The Balaban J connectivity index is 1.60. The van der Waals surface area contributed by atoms with E-state index in [1.54, 1.807) is 31.2 Å². The summed E-state index contributed by atoms with van der Waals surface area (Å²) in [5.74, 6) is -1.88. The molecule has 3 heterocycles. The maximum atomic E-state index is 13.0. The molecule has 150 valence electrons. The fraction of sp³-hybridized carbons (Fsp3) is 0.263. The van der Waals surface area contributed by atoms with E-state index < -0.39 is 29.2 Å². The Morgan fingerprint density at radius 3 is 2.76 bits per heavy atom. The molecule has 29 heavy (non-hydrogen) atoms.